The normalized spacial score (nSPS) is 16.2. The lowest BCUT2D eigenvalue weighted by molar-refractivity contribution is -0.123. The maximum atomic E-state index is 11.3. The third kappa shape index (κ3) is 6.39. The minimum Gasteiger partial charge on any atom is -0.387 e. The van der Waals surface area contributed by atoms with Crippen molar-refractivity contribution < 1.29 is 9.90 Å². The highest BCUT2D eigenvalue weighted by Crippen LogP contribution is 2.08. The molecule has 2 unspecified atom stereocenters. The Bertz CT molecular complexity index is 248. The summed E-state index contributed by atoms with van der Waals surface area (Å²) in [5, 5.41) is 12.3. The van der Waals surface area contributed by atoms with E-state index >= 15 is 0 Å². The lowest BCUT2D eigenvalue weighted by Gasteiger charge is -2.23. The highest BCUT2D eigenvalue weighted by atomic mass is 32.2. The molecule has 0 heterocycles. The Balaban J connectivity index is 3.95. The molecule has 0 aromatic carbocycles. The monoisotopic (exact) mass is 230 g/mol. The van der Waals surface area contributed by atoms with Gasteiger partial charge in [-0.05, 0) is 13.2 Å². The summed E-state index contributed by atoms with van der Waals surface area (Å²) in [6.45, 7) is 1.85. The predicted octanol–water partition coefficient (Wildman–Crippen LogP) is -0.433. The molecule has 0 aliphatic heterocycles. The van der Waals surface area contributed by atoms with Crippen LogP contribution in [0, 0.1) is 12.3 Å². The van der Waals surface area contributed by atoms with Gasteiger partial charge >= 0.3 is 0 Å². The van der Waals surface area contributed by atoms with Crippen LogP contribution in [0.1, 0.15) is 13.3 Å². The third-order valence-electron chi connectivity index (χ3n) is 1.77. The van der Waals surface area contributed by atoms with E-state index < -0.39 is 11.6 Å². The van der Waals surface area contributed by atoms with Crippen molar-refractivity contribution in [3.8, 4) is 12.3 Å². The van der Waals surface area contributed by atoms with Crippen LogP contribution in [0.3, 0.4) is 0 Å². The van der Waals surface area contributed by atoms with Gasteiger partial charge in [-0.3, -0.25) is 4.79 Å². The highest BCUT2D eigenvalue weighted by Gasteiger charge is 2.21. The molecule has 0 aliphatic rings. The lowest BCUT2D eigenvalue weighted by Crippen LogP contribution is -2.48. The van der Waals surface area contributed by atoms with E-state index in [1.165, 1.54) is 11.8 Å². The fourth-order valence-corrected chi connectivity index (χ4v) is 1.71. The molecule has 0 bridgehead atoms. The molecule has 0 spiro atoms. The van der Waals surface area contributed by atoms with Crippen molar-refractivity contribution in [2.45, 2.75) is 25.0 Å². The Labute approximate surface area is 95.0 Å². The molecule has 0 saturated carbocycles. The molecule has 0 radical (unpaired) electrons. The fourth-order valence-electron chi connectivity index (χ4n) is 0.990. The Morgan fingerprint density at radius 3 is 2.87 bits per heavy atom. The second-order valence-electron chi connectivity index (χ2n) is 3.66. The summed E-state index contributed by atoms with van der Waals surface area (Å²) in [4.78, 5) is 11.3. The number of carbonyl (C=O) groups excluding carboxylic acids is 1. The highest BCUT2D eigenvalue weighted by molar-refractivity contribution is 7.98. The Hall–Kier alpha value is -0.700. The number of terminal acetylenes is 1. The van der Waals surface area contributed by atoms with Crippen molar-refractivity contribution in [1.82, 2.24) is 5.32 Å². The lowest BCUT2D eigenvalue weighted by atomic mass is 10.1. The molecule has 0 aromatic heterocycles. The molecule has 2 atom stereocenters. The van der Waals surface area contributed by atoms with Crippen LogP contribution in [-0.4, -0.2) is 41.2 Å². The van der Waals surface area contributed by atoms with Crippen LogP contribution >= 0.6 is 11.8 Å². The molecule has 15 heavy (non-hydrogen) atoms. The van der Waals surface area contributed by atoms with Crippen molar-refractivity contribution in [3.63, 3.8) is 0 Å². The average Bonchev–Trinajstić information content (AvgIpc) is 2.14. The number of hydrogen-bond acceptors (Lipinski definition) is 4. The second-order valence-corrected chi connectivity index (χ2v) is 4.53. The first-order valence-electron chi connectivity index (χ1n) is 4.61. The van der Waals surface area contributed by atoms with Crippen molar-refractivity contribution >= 4 is 17.7 Å². The van der Waals surface area contributed by atoms with E-state index in [0.29, 0.717) is 5.75 Å². The summed E-state index contributed by atoms with van der Waals surface area (Å²) in [7, 11) is 0. The number of thioether (sulfide) groups is 1. The molecule has 0 saturated heterocycles. The number of carbonyl (C=O) groups is 1. The van der Waals surface area contributed by atoms with E-state index in [9.17, 15) is 9.90 Å². The van der Waals surface area contributed by atoms with Gasteiger partial charge in [0.2, 0.25) is 5.91 Å². The van der Waals surface area contributed by atoms with Gasteiger partial charge in [-0.1, -0.05) is 0 Å². The summed E-state index contributed by atoms with van der Waals surface area (Å²) in [5.74, 6) is 2.55. The molecule has 0 aliphatic carbocycles. The number of hydrogen-bond donors (Lipinski definition) is 3. The van der Waals surface area contributed by atoms with Gasteiger partial charge in [0, 0.05) is 18.7 Å². The fraction of sp³-hybridized carbons (Fsp3) is 0.700. The third-order valence-corrected chi connectivity index (χ3v) is 2.68. The van der Waals surface area contributed by atoms with Gasteiger partial charge in [0.15, 0.2) is 0 Å². The maximum Gasteiger partial charge on any atom is 0.238 e. The zero-order valence-corrected chi connectivity index (χ0v) is 9.93. The van der Waals surface area contributed by atoms with E-state index in [0.717, 1.165) is 0 Å². The molecule has 4 nitrogen and oxygen atoms in total. The van der Waals surface area contributed by atoms with Crippen LogP contribution in [0.2, 0.25) is 0 Å². The maximum absolute atomic E-state index is 11.3. The van der Waals surface area contributed by atoms with Gasteiger partial charge in [0.25, 0.3) is 0 Å². The molecule has 1 amide bonds. The van der Waals surface area contributed by atoms with E-state index in [-0.39, 0.29) is 18.9 Å². The Kier molecular flexibility index (Phi) is 6.41. The number of aliphatic hydroxyl groups is 1. The molecule has 0 fully saturated rings. The summed E-state index contributed by atoms with van der Waals surface area (Å²) < 4.78 is 0. The van der Waals surface area contributed by atoms with Gasteiger partial charge in [-0.15, -0.1) is 12.3 Å². The van der Waals surface area contributed by atoms with Gasteiger partial charge in [-0.25, -0.2) is 0 Å². The molecular weight excluding hydrogens is 212 g/mol. The zero-order valence-electron chi connectivity index (χ0n) is 9.12. The zero-order chi connectivity index (χ0) is 11.9. The van der Waals surface area contributed by atoms with Gasteiger partial charge in [0.1, 0.15) is 0 Å². The molecule has 5 heteroatoms. The Morgan fingerprint density at radius 2 is 2.40 bits per heavy atom. The van der Waals surface area contributed by atoms with E-state index in [2.05, 4.69) is 11.2 Å². The van der Waals surface area contributed by atoms with Gasteiger partial charge < -0.3 is 16.2 Å². The largest absolute Gasteiger partial charge is 0.387 e. The summed E-state index contributed by atoms with van der Waals surface area (Å²) in [6, 6.07) is -0.694. The Morgan fingerprint density at radius 1 is 1.80 bits per heavy atom. The smallest absolute Gasteiger partial charge is 0.238 e. The topological polar surface area (TPSA) is 75.4 Å². The van der Waals surface area contributed by atoms with Crippen LogP contribution in [0.5, 0.6) is 0 Å². The summed E-state index contributed by atoms with van der Waals surface area (Å²) in [5.41, 5.74) is 4.58. The minimum absolute atomic E-state index is 0.185. The van der Waals surface area contributed by atoms with Crippen LogP contribution in [0.4, 0.5) is 0 Å². The molecule has 86 valence electrons. The SMILES string of the molecule is C#CCC(N)C(=O)NCC(C)(O)CSC. The molecular formula is C10H18N2O2S. The average molecular weight is 230 g/mol. The predicted molar refractivity (Wildman–Crippen MR) is 63.4 cm³/mol. The quantitative estimate of drug-likeness (QED) is 0.541. The molecule has 0 rings (SSSR count). The summed E-state index contributed by atoms with van der Waals surface area (Å²) in [6.07, 6.45) is 7.13. The van der Waals surface area contributed by atoms with Crippen LogP contribution in [0.25, 0.3) is 0 Å². The van der Waals surface area contributed by atoms with Crippen molar-refractivity contribution in [3.05, 3.63) is 0 Å². The number of rotatable bonds is 6. The molecule has 4 N–H and O–H groups in total. The number of nitrogens with two attached hydrogens (primary N) is 1. The van der Waals surface area contributed by atoms with Crippen LogP contribution < -0.4 is 11.1 Å². The van der Waals surface area contributed by atoms with Crippen molar-refractivity contribution in [2.24, 2.45) is 5.73 Å². The van der Waals surface area contributed by atoms with Crippen LogP contribution in [-0.2, 0) is 4.79 Å². The van der Waals surface area contributed by atoms with Crippen molar-refractivity contribution in [2.75, 3.05) is 18.6 Å². The van der Waals surface area contributed by atoms with Gasteiger partial charge in [0.05, 0.1) is 11.6 Å². The first kappa shape index (κ1) is 14.3. The standard InChI is InChI=1S/C10H18N2O2S/c1-4-5-8(11)9(13)12-6-10(2,14)7-15-3/h1,8,14H,5-7,11H2,2-3H3,(H,12,13). The first-order chi connectivity index (χ1) is 6.93. The minimum atomic E-state index is -0.912. The van der Waals surface area contributed by atoms with E-state index in [1.54, 1.807) is 6.92 Å². The first-order valence-corrected chi connectivity index (χ1v) is 6.00. The van der Waals surface area contributed by atoms with E-state index in [1.807, 2.05) is 6.26 Å². The van der Waals surface area contributed by atoms with E-state index in [4.69, 9.17) is 12.2 Å². The second kappa shape index (κ2) is 6.72. The summed E-state index contributed by atoms with van der Waals surface area (Å²) >= 11 is 1.51. The number of nitrogens with one attached hydrogen (secondary N) is 1. The van der Waals surface area contributed by atoms with Crippen LogP contribution in [0.15, 0.2) is 0 Å². The number of amides is 1. The van der Waals surface area contributed by atoms with Crippen molar-refractivity contribution in [1.29, 1.82) is 0 Å². The molecule has 0 aromatic rings. The van der Waals surface area contributed by atoms with Gasteiger partial charge in [-0.2, -0.15) is 11.8 Å².